The van der Waals surface area contributed by atoms with Gasteiger partial charge < -0.3 is 10.1 Å². The van der Waals surface area contributed by atoms with Crippen molar-refractivity contribution in [2.45, 2.75) is 39.3 Å². The van der Waals surface area contributed by atoms with Crippen molar-refractivity contribution in [2.75, 3.05) is 11.1 Å². The topological polar surface area (TPSA) is 33.6 Å². The average Bonchev–Trinajstić information content (AvgIpc) is 2.31. The Bertz CT molecular complexity index is 414. The van der Waals surface area contributed by atoms with Crippen LogP contribution in [0.15, 0.2) is 29.3 Å². The van der Waals surface area contributed by atoms with E-state index in [4.69, 9.17) is 4.74 Å². The molecule has 0 fully saturated rings. The Hall–Kier alpha value is -1.16. The van der Waals surface area contributed by atoms with Crippen LogP contribution in [-0.2, 0) is 0 Å². The number of aliphatic imine (C=N–C) groups is 1. The summed E-state index contributed by atoms with van der Waals surface area (Å²) in [5.74, 6) is 2.05. The van der Waals surface area contributed by atoms with Gasteiger partial charge in [-0.1, -0.05) is 11.8 Å². The third-order valence-corrected chi connectivity index (χ3v) is 3.51. The number of thioether (sulfide) groups is 1. The minimum atomic E-state index is 0.211. The molecule has 0 aliphatic carbocycles. The summed E-state index contributed by atoms with van der Waals surface area (Å²) in [7, 11) is 0. The number of ether oxygens (including phenoxy) is 1. The highest BCUT2D eigenvalue weighted by molar-refractivity contribution is 8.14. The van der Waals surface area contributed by atoms with Gasteiger partial charge in [-0.25, -0.2) is 0 Å². The summed E-state index contributed by atoms with van der Waals surface area (Å²) in [5.41, 5.74) is 1.06. The van der Waals surface area contributed by atoms with E-state index in [9.17, 15) is 0 Å². The fourth-order valence-electron chi connectivity index (χ4n) is 1.71. The number of rotatable bonds is 3. The van der Waals surface area contributed by atoms with Crippen molar-refractivity contribution in [3.63, 3.8) is 0 Å². The van der Waals surface area contributed by atoms with Gasteiger partial charge in [0.15, 0.2) is 5.17 Å². The molecule has 1 aliphatic rings. The lowest BCUT2D eigenvalue weighted by molar-refractivity contribution is 0.242. The molecular weight excluding hydrogens is 244 g/mol. The van der Waals surface area contributed by atoms with Crippen LogP contribution in [0.5, 0.6) is 5.75 Å². The molecule has 1 atom stereocenters. The molecular formula is C14H20N2OS. The predicted octanol–water partition coefficient (Wildman–Crippen LogP) is 3.77. The van der Waals surface area contributed by atoms with Gasteiger partial charge in [-0.05, 0) is 51.5 Å². The number of hydrogen-bond acceptors (Lipinski definition) is 4. The Kier molecular flexibility index (Phi) is 4.53. The molecule has 98 valence electrons. The van der Waals surface area contributed by atoms with Crippen molar-refractivity contribution in [1.29, 1.82) is 0 Å². The summed E-state index contributed by atoms with van der Waals surface area (Å²) < 4.78 is 5.61. The van der Waals surface area contributed by atoms with E-state index in [-0.39, 0.29) is 6.10 Å². The SMILES string of the molecule is CC1CCSC(Nc2ccc(OC(C)C)cc2)=N1. The summed E-state index contributed by atoms with van der Waals surface area (Å²) in [5, 5.41) is 4.37. The molecule has 0 saturated carbocycles. The molecule has 1 N–H and O–H groups in total. The number of anilines is 1. The first-order valence-electron chi connectivity index (χ1n) is 6.38. The molecule has 1 aliphatic heterocycles. The molecule has 2 rings (SSSR count). The molecule has 18 heavy (non-hydrogen) atoms. The molecule has 0 saturated heterocycles. The fraction of sp³-hybridized carbons (Fsp3) is 0.500. The van der Waals surface area contributed by atoms with Gasteiger partial charge in [0, 0.05) is 11.4 Å². The lowest BCUT2D eigenvalue weighted by atomic mass is 10.3. The highest BCUT2D eigenvalue weighted by Gasteiger charge is 2.11. The van der Waals surface area contributed by atoms with Crippen LogP contribution >= 0.6 is 11.8 Å². The number of nitrogens with zero attached hydrogens (tertiary/aromatic N) is 1. The van der Waals surface area contributed by atoms with Gasteiger partial charge in [0.1, 0.15) is 5.75 Å². The number of nitrogens with one attached hydrogen (secondary N) is 1. The van der Waals surface area contributed by atoms with Gasteiger partial charge in [-0.3, -0.25) is 4.99 Å². The van der Waals surface area contributed by atoms with E-state index >= 15 is 0 Å². The lowest BCUT2D eigenvalue weighted by Crippen LogP contribution is -2.17. The van der Waals surface area contributed by atoms with E-state index in [2.05, 4.69) is 17.2 Å². The molecule has 4 heteroatoms. The Balaban J connectivity index is 1.97. The molecule has 0 aromatic heterocycles. The zero-order valence-corrected chi connectivity index (χ0v) is 12.0. The van der Waals surface area contributed by atoms with E-state index in [1.165, 1.54) is 0 Å². The van der Waals surface area contributed by atoms with Crippen LogP contribution in [0.3, 0.4) is 0 Å². The number of hydrogen-bond donors (Lipinski definition) is 1. The molecule has 0 spiro atoms. The summed E-state index contributed by atoms with van der Waals surface area (Å²) in [6, 6.07) is 8.46. The third-order valence-electron chi connectivity index (χ3n) is 2.59. The van der Waals surface area contributed by atoms with Crippen molar-refractivity contribution in [3.8, 4) is 5.75 Å². The largest absolute Gasteiger partial charge is 0.491 e. The molecule has 1 aromatic rings. The summed E-state index contributed by atoms with van der Waals surface area (Å²) in [6.07, 6.45) is 1.37. The Labute approximate surface area is 113 Å². The zero-order valence-electron chi connectivity index (χ0n) is 11.1. The zero-order chi connectivity index (χ0) is 13.0. The molecule has 0 amide bonds. The minimum Gasteiger partial charge on any atom is -0.491 e. The highest BCUT2D eigenvalue weighted by atomic mass is 32.2. The van der Waals surface area contributed by atoms with Crippen molar-refractivity contribution in [1.82, 2.24) is 0 Å². The minimum absolute atomic E-state index is 0.211. The monoisotopic (exact) mass is 264 g/mol. The standard InChI is InChI=1S/C14H20N2OS/c1-10(2)17-13-6-4-12(5-7-13)16-14-15-11(3)8-9-18-14/h4-7,10-11H,8-9H2,1-3H3,(H,15,16). The van der Waals surface area contributed by atoms with Crippen molar-refractivity contribution in [3.05, 3.63) is 24.3 Å². The van der Waals surface area contributed by atoms with Gasteiger partial charge in [-0.15, -0.1) is 0 Å². The maximum atomic E-state index is 5.61. The van der Waals surface area contributed by atoms with E-state index in [1.807, 2.05) is 38.1 Å². The van der Waals surface area contributed by atoms with Gasteiger partial charge in [0.25, 0.3) is 0 Å². The maximum Gasteiger partial charge on any atom is 0.161 e. The van der Waals surface area contributed by atoms with Crippen LogP contribution in [0.4, 0.5) is 5.69 Å². The van der Waals surface area contributed by atoms with Crippen LogP contribution in [-0.4, -0.2) is 23.1 Å². The summed E-state index contributed by atoms with van der Waals surface area (Å²) >= 11 is 1.78. The van der Waals surface area contributed by atoms with Gasteiger partial charge in [0.05, 0.1) is 12.1 Å². The molecule has 1 heterocycles. The molecule has 0 radical (unpaired) electrons. The van der Waals surface area contributed by atoms with Crippen LogP contribution in [0, 0.1) is 0 Å². The Morgan fingerprint density at radius 3 is 2.67 bits per heavy atom. The molecule has 3 nitrogen and oxygen atoms in total. The first-order valence-corrected chi connectivity index (χ1v) is 7.36. The van der Waals surface area contributed by atoms with E-state index in [0.29, 0.717) is 6.04 Å². The van der Waals surface area contributed by atoms with Crippen LogP contribution in [0.2, 0.25) is 0 Å². The van der Waals surface area contributed by atoms with Crippen LogP contribution < -0.4 is 10.1 Å². The predicted molar refractivity (Wildman–Crippen MR) is 79.8 cm³/mol. The smallest absolute Gasteiger partial charge is 0.161 e. The van der Waals surface area contributed by atoms with Crippen LogP contribution in [0.1, 0.15) is 27.2 Å². The first kappa shape index (κ1) is 13.3. The second-order valence-electron chi connectivity index (χ2n) is 4.74. The van der Waals surface area contributed by atoms with Crippen molar-refractivity contribution >= 4 is 22.6 Å². The normalized spacial score (nSPS) is 19.6. The molecule has 0 bridgehead atoms. The summed E-state index contributed by atoms with van der Waals surface area (Å²) in [6.45, 7) is 6.21. The van der Waals surface area contributed by atoms with Gasteiger partial charge in [0.2, 0.25) is 0 Å². The third kappa shape index (κ3) is 3.95. The van der Waals surface area contributed by atoms with Crippen molar-refractivity contribution in [2.24, 2.45) is 4.99 Å². The second-order valence-corrected chi connectivity index (χ2v) is 5.82. The number of amidine groups is 1. The summed E-state index contributed by atoms with van der Waals surface area (Å²) in [4.78, 5) is 4.59. The maximum absolute atomic E-state index is 5.61. The van der Waals surface area contributed by atoms with E-state index < -0.39 is 0 Å². The number of benzene rings is 1. The Morgan fingerprint density at radius 1 is 1.33 bits per heavy atom. The first-order chi connectivity index (χ1) is 8.63. The molecule has 1 aromatic carbocycles. The highest BCUT2D eigenvalue weighted by Crippen LogP contribution is 2.21. The fourth-order valence-corrected chi connectivity index (χ4v) is 2.81. The van der Waals surface area contributed by atoms with Crippen molar-refractivity contribution < 1.29 is 4.74 Å². The van der Waals surface area contributed by atoms with E-state index in [1.54, 1.807) is 11.8 Å². The molecule has 1 unspecified atom stereocenters. The van der Waals surface area contributed by atoms with Gasteiger partial charge in [-0.2, -0.15) is 0 Å². The lowest BCUT2D eigenvalue weighted by Gasteiger charge is -2.18. The van der Waals surface area contributed by atoms with Gasteiger partial charge >= 0.3 is 0 Å². The average molecular weight is 264 g/mol. The van der Waals surface area contributed by atoms with Crippen LogP contribution in [0.25, 0.3) is 0 Å². The van der Waals surface area contributed by atoms with E-state index in [0.717, 1.165) is 28.8 Å². The Morgan fingerprint density at radius 2 is 2.06 bits per heavy atom. The quantitative estimate of drug-likeness (QED) is 0.902. The second kappa shape index (κ2) is 6.14.